The Balaban J connectivity index is 1.76. The van der Waals surface area contributed by atoms with E-state index in [2.05, 4.69) is 0 Å². The number of carbonyl (C=O) groups excluding carboxylic acids is 2. The van der Waals surface area contributed by atoms with E-state index in [-0.39, 0.29) is 12.4 Å². The van der Waals surface area contributed by atoms with Crippen LogP contribution in [0.2, 0.25) is 0 Å². The minimum atomic E-state index is -0.398. The topological polar surface area (TPSA) is 43.4 Å². The Kier molecular flexibility index (Phi) is 4.02. The molecular weight excluding hydrogens is 296 g/mol. The van der Waals surface area contributed by atoms with E-state index >= 15 is 0 Å². The number of benzene rings is 2. The first-order valence-electron chi connectivity index (χ1n) is 6.89. The zero-order valence-corrected chi connectivity index (χ0v) is 12.9. The molecule has 1 aromatic heterocycles. The molecule has 0 radical (unpaired) electrons. The first-order valence-corrected chi connectivity index (χ1v) is 7.71. The lowest BCUT2D eigenvalue weighted by Crippen LogP contribution is -2.03. The van der Waals surface area contributed by atoms with Crippen LogP contribution in [0.15, 0.2) is 54.6 Å². The summed E-state index contributed by atoms with van der Waals surface area (Å²) in [7, 11) is 0. The fraction of sp³-hybridized carbons (Fsp3) is 0.111. The van der Waals surface area contributed by atoms with Crippen molar-refractivity contribution in [2.75, 3.05) is 0 Å². The summed E-state index contributed by atoms with van der Waals surface area (Å²) >= 11 is 1.16. The normalized spacial score (nSPS) is 10.6. The first-order chi connectivity index (χ1) is 10.6. The van der Waals surface area contributed by atoms with Gasteiger partial charge in [-0.1, -0.05) is 42.5 Å². The van der Waals surface area contributed by atoms with Gasteiger partial charge in [0.2, 0.25) is 0 Å². The van der Waals surface area contributed by atoms with Gasteiger partial charge in [-0.25, -0.2) is 4.79 Å². The Bertz CT molecular complexity index is 843. The Morgan fingerprint density at radius 2 is 1.68 bits per heavy atom. The van der Waals surface area contributed by atoms with Crippen molar-refractivity contribution >= 4 is 33.9 Å². The Hall–Kier alpha value is -2.46. The molecule has 0 bridgehead atoms. The van der Waals surface area contributed by atoms with Crippen molar-refractivity contribution in [3.05, 3.63) is 69.9 Å². The lowest BCUT2D eigenvalue weighted by Gasteiger charge is -2.07. The van der Waals surface area contributed by atoms with Crippen LogP contribution < -0.4 is 0 Å². The number of ether oxygens (including phenoxy) is 1. The lowest BCUT2D eigenvalue weighted by molar-refractivity contribution is 0.0480. The van der Waals surface area contributed by atoms with Gasteiger partial charge in [-0.15, -0.1) is 11.3 Å². The number of hydrogen-bond donors (Lipinski definition) is 0. The highest BCUT2D eigenvalue weighted by atomic mass is 32.1. The van der Waals surface area contributed by atoms with E-state index in [1.165, 1.54) is 6.92 Å². The van der Waals surface area contributed by atoms with Gasteiger partial charge < -0.3 is 4.74 Å². The molecule has 0 spiro atoms. The summed E-state index contributed by atoms with van der Waals surface area (Å²) in [6, 6.07) is 17.2. The molecule has 0 saturated heterocycles. The van der Waals surface area contributed by atoms with Crippen LogP contribution in [0.5, 0.6) is 0 Å². The minimum absolute atomic E-state index is 0.0434. The van der Waals surface area contributed by atoms with Crippen LogP contribution in [0.1, 0.15) is 31.8 Å². The lowest BCUT2D eigenvalue weighted by atomic mass is 10.1. The third kappa shape index (κ3) is 2.92. The van der Waals surface area contributed by atoms with E-state index in [4.69, 9.17) is 4.74 Å². The molecule has 4 heteroatoms. The van der Waals surface area contributed by atoms with Gasteiger partial charge in [0, 0.05) is 0 Å². The molecule has 1 heterocycles. The minimum Gasteiger partial charge on any atom is -0.457 e. The summed E-state index contributed by atoms with van der Waals surface area (Å²) in [5, 5.41) is 2.19. The smallest absolute Gasteiger partial charge is 0.348 e. The van der Waals surface area contributed by atoms with Gasteiger partial charge >= 0.3 is 5.97 Å². The molecule has 0 aliphatic carbocycles. The maximum Gasteiger partial charge on any atom is 0.348 e. The fourth-order valence-electron chi connectivity index (χ4n) is 2.27. The highest BCUT2D eigenvalue weighted by Gasteiger charge is 2.13. The fourth-order valence-corrected chi connectivity index (χ4v) is 3.06. The van der Waals surface area contributed by atoms with Gasteiger partial charge in [-0.2, -0.15) is 0 Å². The second-order valence-corrected chi connectivity index (χ2v) is 6.02. The maximum absolute atomic E-state index is 12.1. The summed E-state index contributed by atoms with van der Waals surface area (Å²) in [5.41, 5.74) is 0.967. The molecule has 0 fully saturated rings. The number of carbonyl (C=O) groups is 2. The zero-order valence-electron chi connectivity index (χ0n) is 12.0. The Labute approximate surface area is 132 Å². The second kappa shape index (κ2) is 6.12. The van der Waals surface area contributed by atoms with Gasteiger partial charge in [0.1, 0.15) is 11.5 Å². The molecule has 3 aromatic rings. The quantitative estimate of drug-likeness (QED) is 0.528. The van der Waals surface area contributed by atoms with Crippen LogP contribution in [0.4, 0.5) is 0 Å². The molecule has 3 nitrogen and oxygen atoms in total. The van der Waals surface area contributed by atoms with Gasteiger partial charge in [0.15, 0.2) is 5.78 Å². The number of thiophene rings is 1. The molecule has 22 heavy (non-hydrogen) atoms. The molecule has 0 unspecified atom stereocenters. The third-order valence-electron chi connectivity index (χ3n) is 3.39. The van der Waals surface area contributed by atoms with Crippen molar-refractivity contribution in [2.45, 2.75) is 13.5 Å². The molecule has 0 atom stereocenters. The number of ketones is 1. The van der Waals surface area contributed by atoms with Crippen LogP contribution in [0.25, 0.3) is 10.8 Å². The van der Waals surface area contributed by atoms with Crippen molar-refractivity contribution < 1.29 is 14.3 Å². The first kappa shape index (κ1) is 14.5. The maximum atomic E-state index is 12.1. The van der Waals surface area contributed by atoms with Crippen molar-refractivity contribution in [1.82, 2.24) is 0 Å². The van der Waals surface area contributed by atoms with Crippen molar-refractivity contribution in [3.63, 3.8) is 0 Å². The number of Topliss-reactive ketones (excluding diaryl/α,β-unsaturated/α-hetero) is 1. The molecule has 0 N–H and O–H groups in total. The Morgan fingerprint density at radius 1 is 0.955 bits per heavy atom. The van der Waals surface area contributed by atoms with Crippen LogP contribution in [0, 0.1) is 0 Å². The summed E-state index contributed by atoms with van der Waals surface area (Å²) in [6.45, 7) is 1.70. The Morgan fingerprint density at radius 3 is 2.45 bits per heavy atom. The van der Waals surface area contributed by atoms with E-state index in [0.717, 1.165) is 27.7 Å². The highest BCUT2D eigenvalue weighted by molar-refractivity contribution is 7.15. The molecule has 0 amide bonds. The number of fused-ring (bicyclic) bond motifs is 1. The number of esters is 1. The van der Waals surface area contributed by atoms with E-state index in [1.54, 1.807) is 12.1 Å². The van der Waals surface area contributed by atoms with Crippen molar-refractivity contribution in [1.29, 1.82) is 0 Å². The van der Waals surface area contributed by atoms with Crippen LogP contribution in [-0.2, 0) is 11.3 Å². The number of rotatable bonds is 4. The zero-order chi connectivity index (χ0) is 15.5. The summed E-state index contributed by atoms with van der Waals surface area (Å²) in [5.74, 6) is -0.441. The molecular formula is C18H14O3S. The molecule has 2 aromatic carbocycles. The second-order valence-electron chi connectivity index (χ2n) is 4.93. The van der Waals surface area contributed by atoms with Gasteiger partial charge in [0.25, 0.3) is 0 Å². The van der Waals surface area contributed by atoms with E-state index in [0.29, 0.717) is 9.75 Å². The summed E-state index contributed by atoms with van der Waals surface area (Å²) < 4.78 is 5.38. The molecule has 0 saturated carbocycles. The van der Waals surface area contributed by atoms with Crippen LogP contribution in [0.3, 0.4) is 0 Å². The predicted octanol–water partition coefficient (Wildman–Crippen LogP) is 4.46. The van der Waals surface area contributed by atoms with Crippen LogP contribution in [-0.4, -0.2) is 11.8 Å². The monoisotopic (exact) mass is 310 g/mol. The average Bonchev–Trinajstić information content (AvgIpc) is 3.03. The van der Waals surface area contributed by atoms with Crippen molar-refractivity contribution in [2.24, 2.45) is 0 Å². The van der Waals surface area contributed by atoms with E-state index < -0.39 is 5.97 Å². The van der Waals surface area contributed by atoms with Gasteiger partial charge in [0.05, 0.1) is 4.88 Å². The average molecular weight is 310 g/mol. The number of hydrogen-bond acceptors (Lipinski definition) is 4. The van der Waals surface area contributed by atoms with Crippen LogP contribution >= 0.6 is 11.3 Å². The summed E-state index contributed by atoms with van der Waals surface area (Å²) in [4.78, 5) is 24.3. The predicted molar refractivity (Wildman–Crippen MR) is 87.4 cm³/mol. The molecule has 0 aliphatic heterocycles. The van der Waals surface area contributed by atoms with E-state index in [9.17, 15) is 9.59 Å². The standard InChI is InChI=1S/C18H14O3S/c1-12(19)16-9-10-17(22-16)18(20)21-11-14-7-4-6-13-5-2-3-8-15(13)14/h2-10H,11H2,1H3. The molecule has 110 valence electrons. The third-order valence-corrected chi connectivity index (χ3v) is 4.56. The van der Waals surface area contributed by atoms with E-state index in [1.807, 2.05) is 42.5 Å². The largest absolute Gasteiger partial charge is 0.457 e. The highest BCUT2D eigenvalue weighted by Crippen LogP contribution is 2.21. The summed E-state index contributed by atoms with van der Waals surface area (Å²) in [6.07, 6.45) is 0. The SMILES string of the molecule is CC(=O)c1ccc(C(=O)OCc2cccc3ccccc23)s1. The molecule has 0 aliphatic rings. The van der Waals surface area contributed by atoms with Gasteiger partial charge in [-0.3, -0.25) is 4.79 Å². The molecule has 3 rings (SSSR count). The van der Waals surface area contributed by atoms with Crippen molar-refractivity contribution in [3.8, 4) is 0 Å². The van der Waals surface area contributed by atoms with Gasteiger partial charge in [-0.05, 0) is 35.4 Å².